The van der Waals surface area contributed by atoms with E-state index >= 15 is 0 Å². The van der Waals surface area contributed by atoms with Gasteiger partial charge in [-0.3, -0.25) is 0 Å². The van der Waals surface area contributed by atoms with Crippen LogP contribution in [0.1, 0.15) is 10.4 Å². The molecule has 0 aliphatic carbocycles. The first-order chi connectivity index (χ1) is 6.06. The van der Waals surface area contributed by atoms with Crippen LogP contribution in [0, 0.1) is 0 Å². The van der Waals surface area contributed by atoms with E-state index in [9.17, 15) is 9.90 Å². The molecule has 1 aromatic carbocycles. The van der Waals surface area contributed by atoms with Crippen LogP contribution in [0.25, 0.3) is 0 Å². The van der Waals surface area contributed by atoms with Crippen molar-refractivity contribution < 1.29 is 44.2 Å². The smallest absolute Gasteiger partial charge is 0.871 e. The summed E-state index contributed by atoms with van der Waals surface area (Å²) in [5, 5.41) is 11.1. The van der Waals surface area contributed by atoms with Gasteiger partial charge in [-0.05, 0) is 12.1 Å². The molecule has 0 heterocycles. The third-order valence-corrected chi connectivity index (χ3v) is 2.29. The zero-order valence-electron chi connectivity index (χ0n) is 7.64. The molecular weight excluding hydrogens is 282 g/mol. The summed E-state index contributed by atoms with van der Waals surface area (Å²) in [4.78, 5) is 11.0. The van der Waals surface area contributed by atoms with Gasteiger partial charge in [0.25, 0.3) is 0 Å². The first-order valence-electron chi connectivity index (χ1n) is 3.30. The number of hydrogen-bond acceptors (Lipinski definition) is 3. The molecule has 0 amide bonds. The molecule has 70 valence electrons. The largest absolute Gasteiger partial charge is 1.00 e. The fourth-order valence-electron chi connectivity index (χ4n) is 0.796. The molecule has 0 saturated carbocycles. The van der Waals surface area contributed by atoms with Gasteiger partial charge in [-0.25, -0.2) is 4.79 Å². The van der Waals surface area contributed by atoms with E-state index in [2.05, 4.69) is 20.7 Å². The van der Waals surface area contributed by atoms with E-state index < -0.39 is 5.97 Å². The van der Waals surface area contributed by atoms with E-state index in [4.69, 9.17) is 11.6 Å². The minimum atomic E-state index is -0.525. The number of benzene rings is 1. The van der Waals surface area contributed by atoms with Crippen LogP contribution >= 0.6 is 27.5 Å². The Morgan fingerprint density at radius 3 is 2.57 bits per heavy atom. The molecule has 0 saturated heterocycles. The van der Waals surface area contributed by atoms with E-state index in [-0.39, 0.29) is 50.4 Å². The molecule has 0 radical (unpaired) electrons. The molecule has 0 spiro atoms. The second kappa shape index (κ2) is 5.98. The van der Waals surface area contributed by atoms with Crippen LogP contribution < -0.4 is 34.7 Å². The normalized spacial score (nSPS) is 9.07. The third-order valence-electron chi connectivity index (χ3n) is 1.42. The van der Waals surface area contributed by atoms with Gasteiger partial charge in [-0.15, -0.1) is 0 Å². The molecule has 0 bridgehead atoms. The van der Waals surface area contributed by atoms with Crippen LogP contribution in [-0.4, -0.2) is 13.1 Å². The van der Waals surface area contributed by atoms with Crippen molar-refractivity contribution in [3.05, 3.63) is 27.2 Å². The molecule has 1 aromatic rings. The average Bonchev–Trinajstić information content (AvgIpc) is 2.12. The maximum atomic E-state index is 11.1. The number of esters is 1. The molecule has 0 fully saturated rings. The minimum Gasteiger partial charge on any atom is -0.871 e. The Morgan fingerprint density at radius 2 is 2.14 bits per heavy atom. The van der Waals surface area contributed by atoms with E-state index in [0.29, 0.717) is 0 Å². The maximum Gasteiger partial charge on any atom is 1.00 e. The van der Waals surface area contributed by atoms with Crippen LogP contribution in [0.4, 0.5) is 0 Å². The zero-order chi connectivity index (χ0) is 10.0. The Morgan fingerprint density at radius 1 is 1.57 bits per heavy atom. The van der Waals surface area contributed by atoms with Crippen molar-refractivity contribution in [1.29, 1.82) is 0 Å². The zero-order valence-corrected chi connectivity index (χ0v) is 12.0. The van der Waals surface area contributed by atoms with Crippen molar-refractivity contribution in [3.8, 4) is 5.75 Å². The molecule has 0 aliphatic heterocycles. The molecule has 6 heteroatoms. The number of halogens is 2. The fourth-order valence-corrected chi connectivity index (χ4v) is 1.59. The Hall–Kier alpha value is 0.260. The molecule has 0 atom stereocenters. The van der Waals surface area contributed by atoms with Crippen LogP contribution in [0.2, 0.25) is 5.02 Å². The average molecular weight is 287 g/mol. The minimum absolute atomic E-state index is 0. The number of carbonyl (C=O) groups is 1. The summed E-state index contributed by atoms with van der Waals surface area (Å²) in [6, 6.07) is 2.65. The van der Waals surface area contributed by atoms with Crippen molar-refractivity contribution in [2.75, 3.05) is 7.11 Å². The van der Waals surface area contributed by atoms with Crippen molar-refractivity contribution in [1.82, 2.24) is 0 Å². The Balaban J connectivity index is 0.00000169. The maximum absolute atomic E-state index is 11.1. The summed E-state index contributed by atoms with van der Waals surface area (Å²) < 4.78 is 4.72. The molecule has 0 aromatic heterocycles. The Bertz CT molecular complexity index is 333. The summed E-state index contributed by atoms with van der Waals surface area (Å²) in [5.41, 5.74) is 0.249. The molecule has 0 N–H and O–H groups in total. The number of hydrogen-bond donors (Lipinski definition) is 0. The first-order valence-corrected chi connectivity index (χ1v) is 4.47. The van der Waals surface area contributed by atoms with E-state index in [0.717, 1.165) is 0 Å². The Kier molecular flexibility index (Phi) is 6.09. The molecule has 0 unspecified atom stereocenters. The van der Waals surface area contributed by atoms with E-state index in [1.165, 1.54) is 19.2 Å². The first kappa shape index (κ1) is 14.3. The summed E-state index contributed by atoms with van der Waals surface area (Å²) in [5.74, 6) is -0.864. The van der Waals surface area contributed by atoms with E-state index in [1.807, 2.05) is 0 Å². The second-order valence-corrected chi connectivity index (χ2v) is 3.52. The van der Waals surface area contributed by atoms with Gasteiger partial charge in [0.2, 0.25) is 0 Å². The van der Waals surface area contributed by atoms with Crippen LogP contribution in [0.3, 0.4) is 0 Å². The standard InChI is InChI=1S/C8H6BrClO3.Na/c1-13-8(12)4-2-5(9)7(11)6(10)3-4;/h2-3,11H,1H3;/q;+1/p-1. The van der Waals surface area contributed by atoms with Gasteiger partial charge in [0, 0.05) is 9.50 Å². The van der Waals surface area contributed by atoms with Gasteiger partial charge in [-0.1, -0.05) is 33.3 Å². The number of methoxy groups -OCH3 is 1. The number of carbonyl (C=O) groups excluding carboxylic acids is 1. The van der Waals surface area contributed by atoms with Gasteiger partial charge in [0.1, 0.15) is 0 Å². The van der Waals surface area contributed by atoms with Crippen molar-refractivity contribution in [2.45, 2.75) is 0 Å². The molecule has 1 rings (SSSR count). The van der Waals surface area contributed by atoms with Gasteiger partial charge in [0.05, 0.1) is 12.7 Å². The van der Waals surface area contributed by atoms with Gasteiger partial charge in [0.15, 0.2) is 0 Å². The fraction of sp³-hybridized carbons (Fsp3) is 0.125. The predicted octanol–water partition coefficient (Wildman–Crippen LogP) is -1.03. The second-order valence-electron chi connectivity index (χ2n) is 2.26. The number of rotatable bonds is 1. The van der Waals surface area contributed by atoms with Crippen molar-refractivity contribution in [2.24, 2.45) is 0 Å². The van der Waals surface area contributed by atoms with E-state index in [1.54, 1.807) is 0 Å². The summed E-state index contributed by atoms with van der Waals surface area (Å²) in [7, 11) is 1.26. The Labute approximate surface area is 117 Å². The summed E-state index contributed by atoms with van der Waals surface area (Å²) in [6.45, 7) is 0. The quantitative estimate of drug-likeness (QED) is 0.490. The monoisotopic (exact) mass is 286 g/mol. The van der Waals surface area contributed by atoms with Crippen molar-refractivity contribution in [3.63, 3.8) is 0 Å². The van der Waals surface area contributed by atoms with Gasteiger partial charge >= 0.3 is 35.5 Å². The van der Waals surface area contributed by atoms with Crippen LogP contribution in [0.5, 0.6) is 5.75 Å². The van der Waals surface area contributed by atoms with Gasteiger partial charge in [-0.2, -0.15) is 0 Å². The van der Waals surface area contributed by atoms with Crippen molar-refractivity contribution >= 4 is 33.5 Å². The van der Waals surface area contributed by atoms with Crippen LogP contribution in [-0.2, 0) is 4.74 Å². The molecule has 3 nitrogen and oxygen atoms in total. The molecule has 0 aliphatic rings. The number of ether oxygens (including phenoxy) is 1. The topological polar surface area (TPSA) is 49.4 Å². The summed E-state index contributed by atoms with van der Waals surface area (Å²) in [6.07, 6.45) is 0. The van der Waals surface area contributed by atoms with Gasteiger partial charge < -0.3 is 9.84 Å². The summed E-state index contributed by atoms with van der Waals surface area (Å²) >= 11 is 8.56. The predicted molar refractivity (Wildman–Crippen MR) is 49.9 cm³/mol. The molecular formula is C8H5BrClNaO3. The van der Waals surface area contributed by atoms with Crippen LogP contribution in [0.15, 0.2) is 16.6 Å². The molecule has 14 heavy (non-hydrogen) atoms. The SMILES string of the molecule is COC(=O)c1cc(Cl)c([O-])c(Br)c1.[Na+]. The third kappa shape index (κ3) is 3.14.